The lowest BCUT2D eigenvalue weighted by Gasteiger charge is -2.11. The number of rotatable bonds is 6. The van der Waals surface area contributed by atoms with Gasteiger partial charge in [0.2, 0.25) is 5.95 Å². The largest absolute Gasteiger partial charge is 0.457 e. The van der Waals surface area contributed by atoms with Gasteiger partial charge in [0.15, 0.2) is 29.1 Å². The molecule has 0 aliphatic carbocycles. The Morgan fingerprint density at radius 2 is 1.70 bits per heavy atom. The Morgan fingerprint density at radius 3 is 2.38 bits per heavy atom. The maximum Gasteiger partial charge on any atom is 0.433 e. The van der Waals surface area contributed by atoms with Crippen molar-refractivity contribution in [3.8, 4) is 23.0 Å². The highest BCUT2D eigenvalue weighted by Crippen LogP contribution is 2.34. The zero-order valence-corrected chi connectivity index (χ0v) is 20.5. The molecule has 40 heavy (non-hydrogen) atoms. The minimum absolute atomic E-state index is 0.0129. The first kappa shape index (κ1) is 26.9. The molecule has 5 aromatic rings. The SMILES string of the molecule is Cc1c(F)c(F)c(F)c(Nc2nc3cc(Oc4ccnc(-c5nc(CO)c(C(F)(F)F)[nH]5)c4)ccc3n2C)c1F. The maximum atomic E-state index is 14.5. The highest BCUT2D eigenvalue weighted by atomic mass is 19.4. The van der Waals surface area contributed by atoms with E-state index in [9.17, 15) is 35.8 Å². The average Bonchev–Trinajstić information content (AvgIpc) is 3.50. The van der Waals surface area contributed by atoms with Crippen LogP contribution in [0.4, 0.5) is 42.4 Å². The number of imidazole rings is 2. The van der Waals surface area contributed by atoms with Crippen molar-refractivity contribution < 1.29 is 40.6 Å². The zero-order valence-electron chi connectivity index (χ0n) is 20.5. The van der Waals surface area contributed by atoms with Gasteiger partial charge >= 0.3 is 6.18 Å². The van der Waals surface area contributed by atoms with Gasteiger partial charge < -0.3 is 24.7 Å². The number of pyridine rings is 1. The number of nitrogens with one attached hydrogen (secondary N) is 2. The molecular weight excluding hydrogens is 549 g/mol. The van der Waals surface area contributed by atoms with E-state index in [-0.39, 0.29) is 29.0 Å². The van der Waals surface area contributed by atoms with Crippen molar-refractivity contribution in [2.24, 2.45) is 7.05 Å². The first-order valence-corrected chi connectivity index (χ1v) is 11.4. The molecule has 15 heteroatoms. The van der Waals surface area contributed by atoms with E-state index in [1.165, 1.54) is 42.1 Å². The standard InChI is InChI=1S/C25H17F7N6O2/c1-10-17(26)19(28)20(29)21(18(10)27)36-24-35-13-7-11(3-4-16(13)38(24)2)40-12-5-6-33-14(8-12)23-34-15(9-39)22(37-23)25(30,31)32/h3-8,39H,9H2,1-2H3,(H,34,37)(H,35,36). The number of benzene rings is 2. The van der Waals surface area contributed by atoms with Gasteiger partial charge in [-0.25, -0.2) is 27.5 Å². The second-order valence-electron chi connectivity index (χ2n) is 8.57. The lowest BCUT2D eigenvalue weighted by molar-refractivity contribution is -0.142. The first-order valence-electron chi connectivity index (χ1n) is 11.4. The van der Waals surface area contributed by atoms with Crippen LogP contribution < -0.4 is 10.1 Å². The molecule has 0 radical (unpaired) electrons. The fourth-order valence-corrected chi connectivity index (χ4v) is 3.95. The summed E-state index contributed by atoms with van der Waals surface area (Å²) in [5.41, 5.74) is -2.60. The lowest BCUT2D eigenvalue weighted by atomic mass is 10.1. The van der Waals surface area contributed by atoms with Crippen molar-refractivity contribution in [1.82, 2.24) is 24.5 Å². The van der Waals surface area contributed by atoms with E-state index in [2.05, 4.69) is 25.3 Å². The van der Waals surface area contributed by atoms with Crippen molar-refractivity contribution in [2.75, 3.05) is 5.32 Å². The summed E-state index contributed by atoms with van der Waals surface area (Å²) in [5.74, 6) is -6.42. The number of aliphatic hydroxyl groups is 1. The number of aromatic nitrogens is 5. The third kappa shape index (κ3) is 4.68. The molecule has 5 rings (SSSR count). The minimum Gasteiger partial charge on any atom is -0.457 e. The fraction of sp³-hybridized carbons (Fsp3) is 0.160. The van der Waals surface area contributed by atoms with Crippen LogP contribution in [0.25, 0.3) is 22.6 Å². The van der Waals surface area contributed by atoms with Gasteiger partial charge in [-0.05, 0) is 25.1 Å². The molecule has 0 saturated carbocycles. The minimum atomic E-state index is -4.76. The number of H-pyrrole nitrogens is 1. The van der Waals surface area contributed by atoms with E-state index < -0.39 is 58.7 Å². The number of nitrogens with zero attached hydrogens (tertiary/aromatic N) is 4. The van der Waals surface area contributed by atoms with Crippen LogP contribution in [-0.4, -0.2) is 29.6 Å². The average molecular weight is 566 g/mol. The Hall–Kier alpha value is -4.66. The summed E-state index contributed by atoms with van der Waals surface area (Å²) in [6, 6.07) is 7.35. The third-order valence-corrected chi connectivity index (χ3v) is 5.99. The molecular formula is C25H17F7N6O2. The van der Waals surface area contributed by atoms with Crippen molar-refractivity contribution in [2.45, 2.75) is 19.7 Å². The molecule has 3 heterocycles. The van der Waals surface area contributed by atoms with E-state index in [0.29, 0.717) is 11.0 Å². The van der Waals surface area contributed by atoms with E-state index in [1.807, 2.05) is 0 Å². The predicted octanol–water partition coefficient (Wildman–Crippen LogP) is 6.27. The van der Waals surface area contributed by atoms with E-state index in [0.717, 1.165) is 6.92 Å². The number of aryl methyl sites for hydroxylation is 1. The van der Waals surface area contributed by atoms with Crippen molar-refractivity contribution in [3.63, 3.8) is 0 Å². The molecule has 0 spiro atoms. The topological polar surface area (TPSA) is 101 Å². The predicted molar refractivity (Wildman–Crippen MR) is 128 cm³/mol. The van der Waals surface area contributed by atoms with Crippen molar-refractivity contribution in [1.29, 1.82) is 0 Å². The summed E-state index contributed by atoms with van der Waals surface area (Å²) in [6.07, 6.45) is -3.47. The number of anilines is 2. The molecule has 0 fully saturated rings. The van der Waals surface area contributed by atoms with Crippen molar-refractivity contribution in [3.05, 3.63) is 76.7 Å². The molecule has 0 saturated heterocycles. The number of fused-ring (bicyclic) bond motifs is 1. The van der Waals surface area contributed by atoms with E-state index in [1.54, 1.807) is 6.07 Å². The van der Waals surface area contributed by atoms with Gasteiger partial charge in [0.05, 0.1) is 23.3 Å². The first-order chi connectivity index (χ1) is 18.9. The van der Waals surface area contributed by atoms with Crippen LogP contribution in [0.3, 0.4) is 0 Å². The Labute approximate surface area is 220 Å². The second-order valence-corrected chi connectivity index (χ2v) is 8.57. The van der Waals surface area contributed by atoms with Crippen LogP contribution in [0, 0.1) is 30.2 Å². The third-order valence-electron chi connectivity index (χ3n) is 5.99. The van der Waals surface area contributed by atoms with Gasteiger partial charge in [-0.3, -0.25) is 4.98 Å². The quantitative estimate of drug-likeness (QED) is 0.127. The summed E-state index contributed by atoms with van der Waals surface area (Å²) in [7, 11) is 1.52. The second kappa shape index (κ2) is 9.82. The summed E-state index contributed by atoms with van der Waals surface area (Å²) in [5, 5.41) is 11.6. The van der Waals surface area contributed by atoms with E-state index in [4.69, 9.17) is 4.74 Å². The molecule has 8 nitrogen and oxygen atoms in total. The normalized spacial score (nSPS) is 11.8. The number of ether oxygens (including phenoxy) is 1. The summed E-state index contributed by atoms with van der Waals surface area (Å²) in [4.78, 5) is 14.1. The smallest absolute Gasteiger partial charge is 0.433 e. The molecule has 2 aromatic carbocycles. The monoisotopic (exact) mass is 566 g/mol. The van der Waals surface area contributed by atoms with Crippen LogP contribution in [0.2, 0.25) is 0 Å². The van der Waals surface area contributed by atoms with Crippen LogP contribution in [0.1, 0.15) is 17.0 Å². The van der Waals surface area contributed by atoms with Crippen LogP contribution >= 0.6 is 0 Å². The van der Waals surface area contributed by atoms with Gasteiger partial charge in [-0.2, -0.15) is 13.2 Å². The van der Waals surface area contributed by atoms with E-state index >= 15 is 0 Å². The fourth-order valence-electron chi connectivity index (χ4n) is 3.95. The number of alkyl halides is 3. The van der Waals surface area contributed by atoms with Gasteiger partial charge in [0.25, 0.3) is 0 Å². The summed E-state index contributed by atoms with van der Waals surface area (Å²) in [6.45, 7) is 0.0333. The molecule has 0 unspecified atom stereocenters. The Bertz CT molecular complexity index is 1730. The molecule has 3 aromatic heterocycles. The van der Waals surface area contributed by atoms with Crippen LogP contribution in [0.5, 0.6) is 11.5 Å². The van der Waals surface area contributed by atoms with Crippen molar-refractivity contribution >= 4 is 22.7 Å². The van der Waals surface area contributed by atoms with Gasteiger partial charge in [-0.15, -0.1) is 0 Å². The van der Waals surface area contributed by atoms with Crippen LogP contribution in [0.15, 0.2) is 36.5 Å². The zero-order chi connectivity index (χ0) is 28.9. The van der Waals surface area contributed by atoms with Gasteiger partial charge in [-0.1, -0.05) is 0 Å². The molecule has 208 valence electrons. The Balaban J connectivity index is 1.43. The number of hydrogen-bond donors (Lipinski definition) is 3. The lowest BCUT2D eigenvalue weighted by Crippen LogP contribution is -2.09. The molecule has 0 atom stereocenters. The van der Waals surface area contributed by atoms with Gasteiger partial charge in [0.1, 0.15) is 28.6 Å². The molecule has 0 aliphatic heterocycles. The number of aromatic amines is 1. The van der Waals surface area contributed by atoms with Gasteiger partial charge in [0, 0.05) is 30.9 Å². The molecule has 0 bridgehead atoms. The summed E-state index contributed by atoms with van der Waals surface area (Å²) >= 11 is 0. The Kier molecular flexibility index (Phi) is 6.61. The summed E-state index contributed by atoms with van der Waals surface area (Å²) < 4.78 is 103. The molecule has 0 aliphatic rings. The highest BCUT2D eigenvalue weighted by Gasteiger charge is 2.37. The maximum absolute atomic E-state index is 14.5. The number of halogens is 7. The number of hydrogen-bond acceptors (Lipinski definition) is 6. The van der Waals surface area contributed by atoms with Crippen LogP contribution in [-0.2, 0) is 19.8 Å². The number of aliphatic hydroxyl groups excluding tert-OH is 1. The molecule has 0 amide bonds. The Morgan fingerprint density at radius 1 is 0.975 bits per heavy atom. The highest BCUT2D eigenvalue weighted by molar-refractivity contribution is 5.81. The molecule has 3 N–H and O–H groups in total.